The van der Waals surface area contributed by atoms with Crippen molar-refractivity contribution in [3.05, 3.63) is 69.8 Å². The molecule has 0 radical (unpaired) electrons. The molecule has 0 aliphatic rings. The molecule has 2 aromatic rings. The van der Waals surface area contributed by atoms with Crippen molar-refractivity contribution < 1.29 is 0 Å². The molecule has 2 rings (SSSR count). The molecule has 2 aromatic carbocycles. The molecule has 2 unspecified atom stereocenters. The van der Waals surface area contributed by atoms with Crippen LogP contribution in [-0.4, -0.2) is 0 Å². The minimum absolute atomic E-state index is 0.131. The summed E-state index contributed by atoms with van der Waals surface area (Å²) in [5.74, 6) is 1.59. The first-order valence-electron chi connectivity index (χ1n) is 12.1. The van der Waals surface area contributed by atoms with Gasteiger partial charge in [-0.25, -0.2) is 0 Å². The Morgan fingerprint density at radius 3 is 1.20 bits per heavy atom. The van der Waals surface area contributed by atoms with Gasteiger partial charge in [0.15, 0.2) is 0 Å². The Bertz CT molecular complexity index is 770. The smallest absolute Gasteiger partial charge is 0.00668 e. The van der Waals surface area contributed by atoms with Gasteiger partial charge in [0.05, 0.1) is 0 Å². The lowest BCUT2D eigenvalue weighted by Crippen LogP contribution is -2.20. The highest BCUT2D eigenvalue weighted by molar-refractivity contribution is 5.48. The predicted molar refractivity (Wildman–Crippen MR) is 135 cm³/mol. The summed E-state index contributed by atoms with van der Waals surface area (Å²) in [6, 6.07) is 14.6. The Balaban J connectivity index is 2.66. The third kappa shape index (κ3) is 5.37. The van der Waals surface area contributed by atoms with Crippen LogP contribution in [0.5, 0.6) is 0 Å². The van der Waals surface area contributed by atoms with E-state index in [1.807, 2.05) is 0 Å². The van der Waals surface area contributed by atoms with Crippen molar-refractivity contribution >= 4 is 0 Å². The monoisotopic (exact) mass is 406 g/mol. The molecule has 30 heavy (non-hydrogen) atoms. The summed E-state index contributed by atoms with van der Waals surface area (Å²) in [6.45, 7) is 25.8. The van der Waals surface area contributed by atoms with Crippen molar-refractivity contribution in [3.8, 4) is 0 Å². The lowest BCUT2D eigenvalue weighted by molar-refractivity contribution is 0.565. The van der Waals surface area contributed by atoms with E-state index in [1.165, 1.54) is 46.2 Å². The van der Waals surface area contributed by atoms with Gasteiger partial charge < -0.3 is 0 Å². The molecule has 0 heterocycles. The summed E-state index contributed by atoms with van der Waals surface area (Å²) < 4.78 is 0. The Kier molecular flexibility index (Phi) is 7.65. The topological polar surface area (TPSA) is 0 Å². The molecule has 0 aliphatic carbocycles. The molecule has 0 saturated carbocycles. The average Bonchev–Trinajstić information content (AvgIpc) is 2.69. The molecule has 0 heteroatoms. The second-order valence-corrected chi connectivity index (χ2v) is 11.5. The molecule has 0 N–H and O–H groups in total. The molecule has 0 aliphatic heterocycles. The lowest BCUT2D eigenvalue weighted by atomic mass is 9.73. The number of hydrogen-bond acceptors (Lipinski definition) is 0. The Morgan fingerprint density at radius 2 is 0.933 bits per heavy atom. The van der Waals surface area contributed by atoms with Crippen LogP contribution >= 0.6 is 0 Å². The molecular formula is C30H46. The largest absolute Gasteiger partial charge is 0.0648 e. The summed E-state index contributed by atoms with van der Waals surface area (Å²) in [7, 11) is 0. The van der Waals surface area contributed by atoms with Crippen LogP contribution in [-0.2, 0) is 10.8 Å². The van der Waals surface area contributed by atoms with Crippen LogP contribution in [0.2, 0.25) is 0 Å². The van der Waals surface area contributed by atoms with Gasteiger partial charge in [-0.3, -0.25) is 0 Å². The molecule has 0 bridgehead atoms. The second-order valence-electron chi connectivity index (χ2n) is 11.5. The highest BCUT2D eigenvalue weighted by Gasteiger charge is 2.27. The van der Waals surface area contributed by atoms with Gasteiger partial charge in [-0.15, -0.1) is 0 Å². The zero-order valence-corrected chi connectivity index (χ0v) is 21.6. The van der Waals surface area contributed by atoms with Crippen LogP contribution in [0, 0.1) is 0 Å². The van der Waals surface area contributed by atoms with E-state index in [0.29, 0.717) is 17.8 Å². The molecule has 0 spiro atoms. The van der Waals surface area contributed by atoms with E-state index in [2.05, 4.69) is 113 Å². The first kappa shape index (κ1) is 24.7. The highest BCUT2D eigenvalue weighted by atomic mass is 14.3. The predicted octanol–water partition coefficient (Wildman–Crippen LogP) is 9.46. The first-order chi connectivity index (χ1) is 13.8. The van der Waals surface area contributed by atoms with E-state index in [9.17, 15) is 0 Å². The quantitative estimate of drug-likeness (QED) is 0.448. The Labute approximate surface area is 187 Å². The average molecular weight is 407 g/mol. The highest BCUT2D eigenvalue weighted by Crippen LogP contribution is 2.40. The molecule has 2 atom stereocenters. The number of hydrogen-bond donors (Lipinski definition) is 0. The third-order valence-corrected chi connectivity index (χ3v) is 7.07. The zero-order valence-electron chi connectivity index (χ0n) is 21.6. The van der Waals surface area contributed by atoms with Gasteiger partial charge in [0.1, 0.15) is 0 Å². The number of benzene rings is 2. The minimum Gasteiger partial charge on any atom is -0.0648 e. The van der Waals surface area contributed by atoms with Gasteiger partial charge in [0, 0.05) is 5.92 Å². The molecular weight excluding hydrogens is 360 g/mol. The fraction of sp³-hybridized carbons (Fsp3) is 0.600. The minimum atomic E-state index is 0.131. The SMILES string of the molecule is CCC(C)c1ccc(C(C)c2ccc(C(C)CC)cc2C(C)(C)C)c(C(C)(C)C)c1. The maximum absolute atomic E-state index is 2.49. The van der Waals surface area contributed by atoms with E-state index >= 15 is 0 Å². The Morgan fingerprint density at radius 1 is 0.600 bits per heavy atom. The van der Waals surface area contributed by atoms with Gasteiger partial charge in [0.2, 0.25) is 0 Å². The van der Waals surface area contributed by atoms with Crippen LogP contribution in [0.15, 0.2) is 36.4 Å². The standard InChI is InChI=1S/C30H46/c1-12-20(3)23-14-16-25(27(18-23)29(6,7)8)22(5)26-17-15-24(21(4)13-2)19-28(26)30(9,10)11/h14-22H,12-13H2,1-11H3. The van der Waals surface area contributed by atoms with Crippen molar-refractivity contribution in [3.63, 3.8) is 0 Å². The molecule has 0 amide bonds. The van der Waals surface area contributed by atoms with Crippen LogP contribution in [0.1, 0.15) is 140 Å². The van der Waals surface area contributed by atoms with Crippen molar-refractivity contribution in [1.82, 2.24) is 0 Å². The normalized spacial score (nSPS) is 15.7. The third-order valence-electron chi connectivity index (χ3n) is 7.07. The summed E-state index contributed by atoms with van der Waals surface area (Å²) in [6.07, 6.45) is 2.37. The van der Waals surface area contributed by atoms with Gasteiger partial charge in [-0.1, -0.05) is 113 Å². The summed E-state index contributed by atoms with van der Waals surface area (Å²) in [5, 5.41) is 0. The molecule has 0 fully saturated rings. The van der Waals surface area contributed by atoms with Crippen LogP contribution < -0.4 is 0 Å². The van der Waals surface area contributed by atoms with Crippen molar-refractivity contribution in [2.45, 2.75) is 118 Å². The van der Waals surface area contributed by atoms with Gasteiger partial charge in [-0.2, -0.15) is 0 Å². The van der Waals surface area contributed by atoms with Crippen LogP contribution in [0.3, 0.4) is 0 Å². The maximum atomic E-state index is 2.49. The zero-order chi connectivity index (χ0) is 22.9. The number of rotatable bonds is 6. The summed E-state index contributed by atoms with van der Waals surface area (Å²) in [4.78, 5) is 0. The van der Waals surface area contributed by atoms with E-state index in [4.69, 9.17) is 0 Å². The molecule has 0 nitrogen and oxygen atoms in total. The fourth-order valence-corrected chi connectivity index (χ4v) is 4.45. The van der Waals surface area contributed by atoms with Gasteiger partial charge in [0.25, 0.3) is 0 Å². The molecule has 0 aromatic heterocycles. The van der Waals surface area contributed by atoms with Crippen molar-refractivity contribution in [2.75, 3.05) is 0 Å². The van der Waals surface area contributed by atoms with Crippen LogP contribution in [0.25, 0.3) is 0 Å². The summed E-state index contributed by atoms with van der Waals surface area (Å²) in [5.41, 5.74) is 9.17. The molecule has 0 saturated heterocycles. The van der Waals surface area contributed by atoms with Gasteiger partial charge in [-0.05, 0) is 68.9 Å². The maximum Gasteiger partial charge on any atom is 0.00668 e. The van der Waals surface area contributed by atoms with E-state index in [-0.39, 0.29) is 10.8 Å². The molecule has 166 valence electrons. The van der Waals surface area contributed by atoms with Gasteiger partial charge >= 0.3 is 0 Å². The van der Waals surface area contributed by atoms with Crippen molar-refractivity contribution in [1.29, 1.82) is 0 Å². The van der Waals surface area contributed by atoms with E-state index in [1.54, 1.807) is 0 Å². The van der Waals surface area contributed by atoms with E-state index in [0.717, 1.165) is 0 Å². The van der Waals surface area contributed by atoms with E-state index < -0.39 is 0 Å². The first-order valence-corrected chi connectivity index (χ1v) is 12.1. The summed E-state index contributed by atoms with van der Waals surface area (Å²) >= 11 is 0. The van der Waals surface area contributed by atoms with Crippen LogP contribution in [0.4, 0.5) is 0 Å². The fourth-order valence-electron chi connectivity index (χ4n) is 4.45. The lowest BCUT2D eigenvalue weighted by Gasteiger charge is -2.31. The Hall–Kier alpha value is -1.56. The second kappa shape index (κ2) is 9.29. The van der Waals surface area contributed by atoms with Crippen molar-refractivity contribution in [2.24, 2.45) is 0 Å².